The van der Waals surface area contributed by atoms with Crippen LogP contribution < -0.4 is 0 Å². The Balaban J connectivity index is 1.87. The van der Waals surface area contributed by atoms with Gasteiger partial charge in [0.1, 0.15) is 5.69 Å². The van der Waals surface area contributed by atoms with E-state index in [-0.39, 0.29) is 5.76 Å². The molecule has 0 radical (unpaired) electrons. The highest BCUT2D eigenvalue weighted by Gasteiger charge is 2.17. The van der Waals surface area contributed by atoms with E-state index < -0.39 is 5.97 Å². The molecule has 0 unspecified atom stereocenters. The molecule has 0 atom stereocenters. The van der Waals surface area contributed by atoms with Gasteiger partial charge in [-0.05, 0) is 30.4 Å². The van der Waals surface area contributed by atoms with Crippen LogP contribution in [-0.2, 0) is 4.74 Å². The van der Waals surface area contributed by atoms with Crippen LogP contribution in [0.2, 0.25) is 0 Å². The maximum atomic E-state index is 10.8. The van der Waals surface area contributed by atoms with E-state index in [1.165, 1.54) is 11.6 Å². The van der Waals surface area contributed by atoms with Gasteiger partial charge < -0.3 is 14.4 Å². The number of hydrogen-bond acceptors (Lipinski definition) is 4. The Labute approximate surface area is 116 Å². The summed E-state index contributed by atoms with van der Waals surface area (Å²) in [5, 5.41) is 12.7. The molecule has 1 saturated heterocycles. The van der Waals surface area contributed by atoms with Crippen molar-refractivity contribution in [3.63, 3.8) is 0 Å². The SMILES string of the molecule is O=C(O)c1cc(-c2cccc(C3CCOCC3)c2)no1. The average Bonchev–Trinajstić information content (AvgIpc) is 2.98. The Morgan fingerprint density at radius 1 is 1.25 bits per heavy atom. The maximum absolute atomic E-state index is 10.8. The van der Waals surface area contributed by atoms with Crippen molar-refractivity contribution in [1.82, 2.24) is 5.16 Å². The first-order chi connectivity index (χ1) is 9.74. The van der Waals surface area contributed by atoms with Gasteiger partial charge in [0.05, 0.1) is 0 Å². The molecular weight excluding hydrogens is 258 g/mol. The molecule has 0 aliphatic carbocycles. The molecule has 5 heteroatoms. The smallest absolute Gasteiger partial charge is 0.374 e. The van der Waals surface area contributed by atoms with Crippen LogP contribution in [0.4, 0.5) is 0 Å². The molecule has 0 spiro atoms. The number of carboxylic acid groups (broad SMARTS) is 1. The lowest BCUT2D eigenvalue weighted by molar-refractivity contribution is 0.0652. The molecule has 2 aromatic rings. The summed E-state index contributed by atoms with van der Waals surface area (Å²) in [6.07, 6.45) is 2.03. The molecule has 1 N–H and O–H groups in total. The van der Waals surface area contributed by atoms with Gasteiger partial charge in [-0.3, -0.25) is 0 Å². The second-order valence-corrected chi connectivity index (χ2v) is 4.89. The summed E-state index contributed by atoms with van der Waals surface area (Å²) < 4.78 is 10.2. The number of hydrogen-bond donors (Lipinski definition) is 1. The van der Waals surface area contributed by atoms with Crippen LogP contribution in [-0.4, -0.2) is 29.4 Å². The van der Waals surface area contributed by atoms with Crippen molar-refractivity contribution >= 4 is 5.97 Å². The molecule has 104 valence electrons. The Hall–Kier alpha value is -2.14. The van der Waals surface area contributed by atoms with Gasteiger partial charge in [0.2, 0.25) is 5.76 Å². The van der Waals surface area contributed by atoms with Crippen LogP contribution in [0.5, 0.6) is 0 Å². The van der Waals surface area contributed by atoms with Gasteiger partial charge in [-0.15, -0.1) is 0 Å². The van der Waals surface area contributed by atoms with Crippen LogP contribution in [0.1, 0.15) is 34.9 Å². The van der Waals surface area contributed by atoms with Crippen molar-refractivity contribution in [3.05, 3.63) is 41.7 Å². The minimum Gasteiger partial charge on any atom is -0.475 e. The Bertz CT molecular complexity index is 614. The highest BCUT2D eigenvalue weighted by atomic mass is 16.5. The van der Waals surface area contributed by atoms with Crippen molar-refractivity contribution in [3.8, 4) is 11.3 Å². The fourth-order valence-corrected chi connectivity index (χ4v) is 2.49. The molecule has 0 saturated carbocycles. The van der Waals surface area contributed by atoms with Crippen LogP contribution in [0, 0.1) is 0 Å². The van der Waals surface area contributed by atoms with E-state index in [4.69, 9.17) is 14.4 Å². The fourth-order valence-electron chi connectivity index (χ4n) is 2.49. The molecule has 1 aromatic carbocycles. The van der Waals surface area contributed by atoms with E-state index in [0.29, 0.717) is 11.6 Å². The van der Waals surface area contributed by atoms with Gasteiger partial charge in [-0.1, -0.05) is 23.4 Å². The molecule has 20 heavy (non-hydrogen) atoms. The van der Waals surface area contributed by atoms with Crippen molar-refractivity contribution in [2.75, 3.05) is 13.2 Å². The third-order valence-corrected chi connectivity index (χ3v) is 3.60. The fraction of sp³-hybridized carbons (Fsp3) is 0.333. The molecule has 2 heterocycles. The third-order valence-electron chi connectivity index (χ3n) is 3.60. The lowest BCUT2D eigenvalue weighted by atomic mass is 9.90. The molecule has 0 amide bonds. The van der Waals surface area contributed by atoms with E-state index in [1.807, 2.05) is 12.1 Å². The number of carboxylic acids is 1. The minimum atomic E-state index is -1.11. The summed E-state index contributed by atoms with van der Waals surface area (Å²) in [6, 6.07) is 9.48. The Kier molecular flexibility index (Phi) is 3.52. The molecule has 1 fully saturated rings. The normalized spacial score (nSPS) is 16.2. The first-order valence-corrected chi connectivity index (χ1v) is 6.62. The topological polar surface area (TPSA) is 72.6 Å². The van der Waals surface area contributed by atoms with E-state index in [0.717, 1.165) is 31.6 Å². The Morgan fingerprint density at radius 3 is 2.75 bits per heavy atom. The summed E-state index contributed by atoms with van der Waals surface area (Å²) in [4.78, 5) is 10.8. The van der Waals surface area contributed by atoms with Crippen molar-refractivity contribution < 1.29 is 19.2 Å². The third kappa shape index (κ3) is 2.58. The molecule has 1 aromatic heterocycles. The van der Waals surface area contributed by atoms with Crippen LogP contribution >= 0.6 is 0 Å². The summed E-state index contributed by atoms with van der Waals surface area (Å²) >= 11 is 0. The zero-order valence-electron chi connectivity index (χ0n) is 10.9. The first kappa shape index (κ1) is 12.9. The van der Waals surface area contributed by atoms with Gasteiger partial charge in [0, 0.05) is 24.8 Å². The zero-order valence-corrected chi connectivity index (χ0v) is 10.9. The second-order valence-electron chi connectivity index (χ2n) is 4.89. The number of ether oxygens (including phenoxy) is 1. The standard InChI is InChI=1S/C15H15NO4/c17-15(18)14-9-13(16-20-14)12-3-1-2-11(8-12)10-4-6-19-7-5-10/h1-3,8-10H,4-7H2,(H,17,18). The lowest BCUT2D eigenvalue weighted by Gasteiger charge is -2.22. The maximum Gasteiger partial charge on any atom is 0.374 e. The number of nitrogens with zero attached hydrogens (tertiary/aromatic N) is 1. The van der Waals surface area contributed by atoms with Gasteiger partial charge in [0.25, 0.3) is 0 Å². The van der Waals surface area contributed by atoms with E-state index >= 15 is 0 Å². The Morgan fingerprint density at radius 2 is 2.05 bits per heavy atom. The summed E-state index contributed by atoms with van der Waals surface area (Å²) in [5.74, 6) is -0.754. The molecule has 1 aliphatic heterocycles. The number of carbonyl (C=O) groups is 1. The van der Waals surface area contributed by atoms with Crippen molar-refractivity contribution in [1.29, 1.82) is 0 Å². The monoisotopic (exact) mass is 273 g/mol. The largest absolute Gasteiger partial charge is 0.475 e. The van der Waals surface area contributed by atoms with Crippen LogP contribution in [0.15, 0.2) is 34.9 Å². The van der Waals surface area contributed by atoms with Crippen LogP contribution in [0.3, 0.4) is 0 Å². The molecule has 5 nitrogen and oxygen atoms in total. The van der Waals surface area contributed by atoms with Crippen LogP contribution in [0.25, 0.3) is 11.3 Å². The number of rotatable bonds is 3. The van der Waals surface area contributed by atoms with E-state index in [2.05, 4.69) is 17.3 Å². The quantitative estimate of drug-likeness (QED) is 0.930. The average molecular weight is 273 g/mol. The summed E-state index contributed by atoms with van der Waals surface area (Å²) in [7, 11) is 0. The van der Waals surface area contributed by atoms with Gasteiger partial charge in [-0.2, -0.15) is 0 Å². The number of benzene rings is 1. The molecule has 1 aliphatic rings. The highest BCUT2D eigenvalue weighted by molar-refractivity contribution is 5.85. The highest BCUT2D eigenvalue weighted by Crippen LogP contribution is 2.30. The molecular formula is C15H15NO4. The van der Waals surface area contributed by atoms with Crippen molar-refractivity contribution in [2.45, 2.75) is 18.8 Å². The van der Waals surface area contributed by atoms with E-state index in [9.17, 15) is 4.79 Å². The summed E-state index contributed by atoms with van der Waals surface area (Å²) in [6.45, 7) is 1.59. The van der Waals surface area contributed by atoms with Crippen molar-refractivity contribution in [2.24, 2.45) is 0 Å². The molecule has 3 rings (SSSR count). The second kappa shape index (κ2) is 5.46. The predicted molar refractivity (Wildman–Crippen MR) is 71.7 cm³/mol. The minimum absolute atomic E-state index is 0.142. The molecule has 0 bridgehead atoms. The van der Waals surface area contributed by atoms with Gasteiger partial charge >= 0.3 is 5.97 Å². The summed E-state index contributed by atoms with van der Waals surface area (Å²) in [5.41, 5.74) is 2.67. The number of aromatic carboxylic acids is 1. The lowest BCUT2D eigenvalue weighted by Crippen LogP contribution is -2.13. The first-order valence-electron chi connectivity index (χ1n) is 6.62. The van der Waals surface area contributed by atoms with Gasteiger partial charge in [0.15, 0.2) is 0 Å². The zero-order chi connectivity index (χ0) is 13.9. The predicted octanol–water partition coefficient (Wildman–Crippen LogP) is 2.93. The number of aromatic nitrogens is 1. The van der Waals surface area contributed by atoms with Gasteiger partial charge in [-0.25, -0.2) is 4.79 Å². The van der Waals surface area contributed by atoms with E-state index in [1.54, 1.807) is 0 Å².